The number of hydrogen-bond donors (Lipinski definition) is 0. The Morgan fingerprint density at radius 2 is 2.06 bits per heavy atom. The highest BCUT2D eigenvalue weighted by Gasteiger charge is 2.45. The molecule has 0 atom stereocenters. The van der Waals surface area contributed by atoms with E-state index in [1.165, 1.54) is 0 Å². The first-order chi connectivity index (χ1) is 8.26. The van der Waals surface area contributed by atoms with Crippen LogP contribution in [-0.2, 0) is 10.2 Å². The van der Waals surface area contributed by atoms with Crippen molar-refractivity contribution in [3.63, 3.8) is 0 Å². The van der Waals surface area contributed by atoms with Crippen LogP contribution in [0.4, 0.5) is 0 Å². The van der Waals surface area contributed by atoms with E-state index in [1.807, 2.05) is 18.2 Å². The van der Waals surface area contributed by atoms with E-state index in [0.717, 1.165) is 36.3 Å². The standard InChI is InChI=1S/C13H13ClO3/c14-7-12(15)13(4-1-5-13)9-2-3-10-11(6-9)17-8-16-10/h2-3,6H,1,4-5,7-8H2. The second-order valence-electron chi connectivity index (χ2n) is 4.56. The summed E-state index contributed by atoms with van der Waals surface area (Å²) in [7, 11) is 0. The molecule has 0 aromatic heterocycles. The van der Waals surface area contributed by atoms with Crippen molar-refractivity contribution in [2.75, 3.05) is 12.7 Å². The number of benzene rings is 1. The molecule has 4 heteroatoms. The fourth-order valence-corrected chi connectivity index (χ4v) is 2.84. The molecule has 1 fully saturated rings. The van der Waals surface area contributed by atoms with Gasteiger partial charge in [-0.3, -0.25) is 4.79 Å². The minimum Gasteiger partial charge on any atom is -0.454 e. The lowest BCUT2D eigenvalue weighted by Crippen LogP contribution is -2.43. The Bertz CT molecular complexity index is 466. The summed E-state index contributed by atoms with van der Waals surface area (Å²) < 4.78 is 10.6. The van der Waals surface area contributed by atoms with Crippen LogP contribution in [0, 0.1) is 0 Å². The molecule has 0 saturated heterocycles. The molecular formula is C13H13ClO3. The van der Waals surface area contributed by atoms with Crippen molar-refractivity contribution in [1.29, 1.82) is 0 Å². The lowest BCUT2D eigenvalue weighted by molar-refractivity contribution is -0.125. The molecule has 0 radical (unpaired) electrons. The third-order valence-electron chi connectivity index (χ3n) is 3.79. The fourth-order valence-electron chi connectivity index (χ4n) is 2.58. The molecule has 1 aromatic rings. The zero-order valence-corrected chi connectivity index (χ0v) is 10.1. The summed E-state index contributed by atoms with van der Waals surface area (Å²) >= 11 is 5.71. The van der Waals surface area contributed by atoms with Crippen LogP contribution >= 0.6 is 11.6 Å². The van der Waals surface area contributed by atoms with Gasteiger partial charge in [0.25, 0.3) is 0 Å². The number of carbonyl (C=O) groups is 1. The molecule has 1 heterocycles. The predicted molar refractivity (Wildman–Crippen MR) is 63.8 cm³/mol. The van der Waals surface area contributed by atoms with Crippen molar-refractivity contribution < 1.29 is 14.3 Å². The molecule has 17 heavy (non-hydrogen) atoms. The van der Waals surface area contributed by atoms with Gasteiger partial charge in [-0.15, -0.1) is 11.6 Å². The number of Topliss-reactive ketones (excluding diaryl/α,β-unsaturated/α-hetero) is 1. The van der Waals surface area contributed by atoms with Crippen molar-refractivity contribution in [3.8, 4) is 11.5 Å². The first kappa shape index (κ1) is 10.9. The number of carbonyl (C=O) groups excluding carboxylic acids is 1. The van der Waals surface area contributed by atoms with Crippen molar-refractivity contribution in [2.24, 2.45) is 0 Å². The van der Waals surface area contributed by atoms with Gasteiger partial charge in [-0.05, 0) is 30.5 Å². The van der Waals surface area contributed by atoms with Crippen LogP contribution in [0.2, 0.25) is 0 Å². The minimum absolute atomic E-state index is 0.0778. The normalized spacial score (nSPS) is 19.8. The Balaban J connectivity index is 2.00. The van der Waals surface area contributed by atoms with E-state index in [0.29, 0.717) is 0 Å². The smallest absolute Gasteiger partial charge is 0.231 e. The van der Waals surface area contributed by atoms with Crippen molar-refractivity contribution in [2.45, 2.75) is 24.7 Å². The van der Waals surface area contributed by atoms with Gasteiger partial charge < -0.3 is 9.47 Å². The van der Waals surface area contributed by atoms with Crippen molar-refractivity contribution >= 4 is 17.4 Å². The van der Waals surface area contributed by atoms with Crippen LogP contribution in [0.25, 0.3) is 0 Å². The lowest BCUT2D eigenvalue weighted by Gasteiger charge is -2.40. The van der Waals surface area contributed by atoms with Gasteiger partial charge in [0.1, 0.15) is 0 Å². The van der Waals surface area contributed by atoms with E-state index in [2.05, 4.69) is 0 Å². The number of ketones is 1. The zero-order valence-electron chi connectivity index (χ0n) is 9.37. The molecule has 0 N–H and O–H groups in total. The number of alkyl halides is 1. The summed E-state index contributed by atoms with van der Waals surface area (Å²) in [5.41, 5.74) is 0.640. The van der Waals surface area contributed by atoms with E-state index < -0.39 is 0 Å². The second-order valence-corrected chi connectivity index (χ2v) is 4.83. The second kappa shape index (κ2) is 3.91. The molecule has 1 saturated carbocycles. The van der Waals surface area contributed by atoms with Gasteiger partial charge in [0, 0.05) is 0 Å². The summed E-state index contributed by atoms with van der Waals surface area (Å²) in [5, 5.41) is 0. The number of rotatable bonds is 3. The third-order valence-corrected chi connectivity index (χ3v) is 4.03. The maximum absolute atomic E-state index is 12.0. The van der Waals surface area contributed by atoms with E-state index in [-0.39, 0.29) is 23.9 Å². The number of fused-ring (bicyclic) bond motifs is 1. The number of hydrogen-bond acceptors (Lipinski definition) is 3. The SMILES string of the molecule is O=C(CCl)C1(c2ccc3c(c2)OCO3)CCC1. The Morgan fingerprint density at radius 1 is 1.29 bits per heavy atom. The molecule has 90 valence electrons. The van der Waals surface area contributed by atoms with Crippen LogP contribution in [0.5, 0.6) is 11.5 Å². The van der Waals surface area contributed by atoms with Crippen molar-refractivity contribution in [3.05, 3.63) is 23.8 Å². The third kappa shape index (κ3) is 1.53. The monoisotopic (exact) mass is 252 g/mol. The number of halogens is 1. The van der Waals surface area contributed by atoms with Crippen LogP contribution in [0.1, 0.15) is 24.8 Å². The Hall–Kier alpha value is -1.22. The summed E-state index contributed by atoms with van der Waals surface area (Å²) in [6.45, 7) is 0.259. The zero-order chi connectivity index (χ0) is 11.9. The highest BCUT2D eigenvalue weighted by atomic mass is 35.5. The van der Waals surface area contributed by atoms with E-state index in [9.17, 15) is 4.79 Å². The average Bonchev–Trinajstić information content (AvgIpc) is 2.74. The maximum Gasteiger partial charge on any atom is 0.231 e. The maximum atomic E-state index is 12.0. The first-order valence-electron chi connectivity index (χ1n) is 5.76. The Labute approximate surface area is 105 Å². The van der Waals surface area contributed by atoms with Gasteiger partial charge in [-0.25, -0.2) is 0 Å². The molecule has 1 aliphatic carbocycles. The summed E-state index contributed by atoms with van der Waals surface area (Å²) in [6, 6.07) is 5.75. The highest BCUT2D eigenvalue weighted by Crippen LogP contribution is 2.47. The molecule has 0 bridgehead atoms. The quantitative estimate of drug-likeness (QED) is 0.776. The topological polar surface area (TPSA) is 35.5 Å². The van der Waals surface area contributed by atoms with Gasteiger partial charge in [0.2, 0.25) is 6.79 Å². The van der Waals surface area contributed by atoms with E-state index >= 15 is 0 Å². The molecule has 2 aliphatic rings. The summed E-state index contributed by atoms with van der Waals surface area (Å²) in [6.07, 6.45) is 2.85. The number of ether oxygens (including phenoxy) is 2. The molecule has 1 aromatic carbocycles. The Morgan fingerprint density at radius 3 is 2.71 bits per heavy atom. The molecule has 0 unspecified atom stereocenters. The average molecular weight is 253 g/mol. The molecular weight excluding hydrogens is 240 g/mol. The summed E-state index contributed by atoms with van der Waals surface area (Å²) in [4.78, 5) is 12.0. The highest BCUT2D eigenvalue weighted by molar-refractivity contribution is 6.29. The Kier molecular flexibility index (Phi) is 2.51. The molecule has 1 aliphatic heterocycles. The van der Waals surface area contributed by atoms with E-state index in [4.69, 9.17) is 21.1 Å². The summed E-state index contributed by atoms with van der Waals surface area (Å²) in [5.74, 6) is 1.68. The van der Waals surface area contributed by atoms with E-state index in [1.54, 1.807) is 0 Å². The minimum atomic E-state index is -0.372. The molecule has 0 amide bonds. The van der Waals surface area contributed by atoms with Gasteiger partial charge in [0.15, 0.2) is 17.3 Å². The largest absolute Gasteiger partial charge is 0.454 e. The molecule has 0 spiro atoms. The first-order valence-corrected chi connectivity index (χ1v) is 6.29. The molecule has 3 nitrogen and oxygen atoms in total. The van der Waals surface area contributed by atoms with Crippen LogP contribution < -0.4 is 9.47 Å². The van der Waals surface area contributed by atoms with Crippen LogP contribution in [-0.4, -0.2) is 18.5 Å². The molecule has 3 rings (SSSR count). The van der Waals surface area contributed by atoms with Gasteiger partial charge >= 0.3 is 0 Å². The van der Waals surface area contributed by atoms with Crippen molar-refractivity contribution in [1.82, 2.24) is 0 Å². The van der Waals surface area contributed by atoms with Crippen LogP contribution in [0.3, 0.4) is 0 Å². The predicted octanol–water partition coefficient (Wildman–Crippen LogP) is 2.64. The van der Waals surface area contributed by atoms with Gasteiger partial charge in [0.05, 0.1) is 11.3 Å². The lowest BCUT2D eigenvalue weighted by atomic mass is 9.62. The van der Waals surface area contributed by atoms with Crippen LogP contribution in [0.15, 0.2) is 18.2 Å². The van der Waals surface area contributed by atoms with Gasteiger partial charge in [-0.2, -0.15) is 0 Å². The van der Waals surface area contributed by atoms with Gasteiger partial charge in [-0.1, -0.05) is 12.5 Å². The fraction of sp³-hybridized carbons (Fsp3) is 0.462.